The van der Waals surface area contributed by atoms with Crippen molar-refractivity contribution in [2.75, 3.05) is 18.6 Å². The zero-order valence-electron chi connectivity index (χ0n) is 17.3. The van der Waals surface area contributed by atoms with Crippen LogP contribution >= 0.6 is 0 Å². The molecular weight excluding hydrogens is 422 g/mol. The predicted molar refractivity (Wildman–Crippen MR) is 115 cm³/mol. The molecule has 4 aromatic rings. The molecule has 0 bridgehead atoms. The number of benzene rings is 1. The molecular formula is C20H21N5O5S. The lowest BCUT2D eigenvalue weighted by Crippen LogP contribution is -2.37. The molecule has 1 fully saturated rings. The van der Waals surface area contributed by atoms with Gasteiger partial charge < -0.3 is 9.30 Å². The Hall–Kier alpha value is -3.34. The summed E-state index contributed by atoms with van der Waals surface area (Å²) in [4.78, 5) is 29.9. The van der Waals surface area contributed by atoms with E-state index in [0.29, 0.717) is 17.9 Å². The van der Waals surface area contributed by atoms with Gasteiger partial charge in [0.15, 0.2) is 21.0 Å². The Bertz CT molecular complexity index is 1570. The van der Waals surface area contributed by atoms with Crippen molar-refractivity contribution in [3.63, 3.8) is 0 Å². The molecule has 1 aliphatic heterocycles. The van der Waals surface area contributed by atoms with Gasteiger partial charge in [0, 0.05) is 25.9 Å². The lowest BCUT2D eigenvalue weighted by atomic mass is 10.1. The van der Waals surface area contributed by atoms with Crippen LogP contribution in [0.4, 0.5) is 0 Å². The molecule has 31 heavy (non-hydrogen) atoms. The maximum Gasteiger partial charge on any atom is 0.332 e. The molecule has 0 saturated carbocycles. The molecule has 0 radical (unpaired) electrons. The molecule has 0 spiro atoms. The van der Waals surface area contributed by atoms with Crippen molar-refractivity contribution in [1.29, 1.82) is 0 Å². The number of rotatable bonds is 3. The van der Waals surface area contributed by atoms with E-state index in [1.807, 2.05) is 28.8 Å². The van der Waals surface area contributed by atoms with Gasteiger partial charge in [-0.05, 0) is 30.7 Å². The third-order valence-electron chi connectivity index (χ3n) is 5.96. The Morgan fingerprint density at radius 1 is 1.10 bits per heavy atom. The maximum atomic E-state index is 12.9. The lowest BCUT2D eigenvalue weighted by molar-refractivity contribution is 0.415. The monoisotopic (exact) mass is 443 g/mol. The molecule has 1 aromatic carbocycles. The number of fused-ring (bicyclic) bond motifs is 3. The van der Waals surface area contributed by atoms with Crippen LogP contribution in [-0.2, 0) is 23.9 Å². The Morgan fingerprint density at radius 2 is 1.81 bits per heavy atom. The second-order valence-corrected chi connectivity index (χ2v) is 10.1. The third-order valence-corrected chi connectivity index (χ3v) is 7.71. The summed E-state index contributed by atoms with van der Waals surface area (Å²) >= 11 is 0. The molecule has 10 nitrogen and oxygen atoms in total. The average molecular weight is 443 g/mol. The quantitative estimate of drug-likeness (QED) is 0.462. The Morgan fingerprint density at radius 3 is 2.42 bits per heavy atom. The smallest absolute Gasteiger partial charge is 0.332 e. The largest absolute Gasteiger partial charge is 0.497 e. The van der Waals surface area contributed by atoms with Gasteiger partial charge in [-0.15, -0.1) is 0 Å². The highest BCUT2D eigenvalue weighted by atomic mass is 32.2. The topological polar surface area (TPSA) is 110 Å². The first-order valence-electron chi connectivity index (χ1n) is 9.75. The third kappa shape index (κ3) is 2.83. The van der Waals surface area contributed by atoms with Crippen molar-refractivity contribution in [2.24, 2.45) is 14.1 Å². The van der Waals surface area contributed by atoms with Gasteiger partial charge >= 0.3 is 5.69 Å². The summed E-state index contributed by atoms with van der Waals surface area (Å²) < 4.78 is 35.6. The summed E-state index contributed by atoms with van der Waals surface area (Å²) in [6.45, 7) is 0. The van der Waals surface area contributed by atoms with Gasteiger partial charge in [-0.1, -0.05) is 0 Å². The van der Waals surface area contributed by atoms with Gasteiger partial charge in [0.25, 0.3) is 5.56 Å². The van der Waals surface area contributed by atoms with Gasteiger partial charge in [0.1, 0.15) is 5.75 Å². The Balaban J connectivity index is 1.87. The first kappa shape index (κ1) is 19.6. The standard InChI is InChI=1S/C20H21N5O5S/c1-22-17-16(18(26)23(2)20(22)27)24-10-15(12-4-6-14(30-3)7-5-12)25(19(24)21-17)13-8-9-31(28,29)11-13/h4-7,10,13H,8-9,11H2,1-3H3. The van der Waals surface area contributed by atoms with Gasteiger partial charge in [-0.3, -0.25) is 18.3 Å². The highest BCUT2D eigenvalue weighted by molar-refractivity contribution is 7.91. The first-order valence-corrected chi connectivity index (χ1v) is 11.6. The molecule has 1 unspecified atom stereocenters. The van der Waals surface area contributed by atoms with E-state index in [-0.39, 0.29) is 28.7 Å². The Labute approximate surface area is 176 Å². The van der Waals surface area contributed by atoms with Crippen molar-refractivity contribution in [2.45, 2.75) is 12.5 Å². The zero-order valence-corrected chi connectivity index (χ0v) is 18.1. The number of hydrogen-bond donors (Lipinski definition) is 0. The average Bonchev–Trinajstić information content (AvgIpc) is 3.41. The highest BCUT2D eigenvalue weighted by Crippen LogP contribution is 2.34. The SMILES string of the molecule is COc1ccc(-c2cn3c4c(=O)n(C)c(=O)n(C)c4nc3n2C2CCS(=O)(=O)C2)cc1. The van der Waals surface area contributed by atoms with Crippen LogP contribution in [-0.4, -0.2) is 50.1 Å². The number of imidazole rings is 2. The van der Waals surface area contributed by atoms with E-state index in [0.717, 1.165) is 15.8 Å². The van der Waals surface area contributed by atoms with E-state index in [9.17, 15) is 18.0 Å². The van der Waals surface area contributed by atoms with Crippen LogP contribution in [0.3, 0.4) is 0 Å². The second kappa shape index (κ2) is 6.58. The van der Waals surface area contributed by atoms with Gasteiger partial charge in [0.2, 0.25) is 5.78 Å². The maximum absolute atomic E-state index is 12.9. The van der Waals surface area contributed by atoms with Crippen LogP contribution < -0.4 is 16.0 Å². The summed E-state index contributed by atoms with van der Waals surface area (Å²) in [7, 11) is 1.41. The van der Waals surface area contributed by atoms with Crippen molar-refractivity contribution in [3.05, 3.63) is 51.3 Å². The summed E-state index contributed by atoms with van der Waals surface area (Å²) in [5.41, 5.74) is 1.19. The van der Waals surface area contributed by atoms with Crippen LogP contribution in [0.2, 0.25) is 0 Å². The molecule has 162 valence electrons. The van der Waals surface area contributed by atoms with Crippen molar-refractivity contribution < 1.29 is 13.2 Å². The molecule has 0 aliphatic carbocycles. The minimum atomic E-state index is -3.16. The van der Waals surface area contributed by atoms with Gasteiger partial charge in [0.05, 0.1) is 30.4 Å². The van der Waals surface area contributed by atoms with Crippen molar-refractivity contribution in [3.8, 4) is 17.0 Å². The van der Waals surface area contributed by atoms with Crippen LogP contribution in [0, 0.1) is 0 Å². The Kier molecular flexibility index (Phi) is 4.16. The fourth-order valence-electron chi connectivity index (χ4n) is 4.30. The van der Waals surface area contributed by atoms with E-state index in [1.54, 1.807) is 24.8 Å². The highest BCUT2D eigenvalue weighted by Gasteiger charge is 2.33. The van der Waals surface area contributed by atoms with Crippen LogP contribution in [0.5, 0.6) is 5.75 Å². The summed E-state index contributed by atoms with van der Waals surface area (Å²) in [5.74, 6) is 1.23. The number of aromatic nitrogens is 5. The number of aryl methyl sites for hydroxylation is 1. The number of methoxy groups -OCH3 is 1. The first-order chi connectivity index (χ1) is 14.7. The molecule has 4 heterocycles. The summed E-state index contributed by atoms with van der Waals surface area (Å²) in [6.07, 6.45) is 2.24. The molecule has 3 aromatic heterocycles. The number of hydrogen-bond acceptors (Lipinski definition) is 6. The molecule has 11 heteroatoms. The minimum absolute atomic E-state index is 0.000635. The zero-order chi connectivity index (χ0) is 22.1. The van der Waals surface area contributed by atoms with E-state index < -0.39 is 21.1 Å². The van der Waals surface area contributed by atoms with Gasteiger partial charge in [-0.25, -0.2) is 13.2 Å². The fourth-order valence-corrected chi connectivity index (χ4v) is 6.00. The van der Waals surface area contributed by atoms with Crippen LogP contribution in [0.25, 0.3) is 28.2 Å². The van der Waals surface area contributed by atoms with E-state index in [1.165, 1.54) is 11.6 Å². The molecule has 1 atom stereocenters. The fraction of sp³-hybridized carbons (Fsp3) is 0.350. The van der Waals surface area contributed by atoms with Gasteiger partial charge in [-0.2, -0.15) is 4.98 Å². The normalized spacial score (nSPS) is 18.2. The van der Waals surface area contributed by atoms with Crippen molar-refractivity contribution >= 4 is 26.8 Å². The van der Waals surface area contributed by atoms with E-state index in [2.05, 4.69) is 4.98 Å². The van der Waals surface area contributed by atoms with Crippen molar-refractivity contribution in [1.82, 2.24) is 23.1 Å². The summed E-state index contributed by atoms with van der Waals surface area (Å²) in [5, 5.41) is 0. The second-order valence-electron chi connectivity index (χ2n) is 7.83. The number of ether oxygens (including phenoxy) is 1. The van der Waals surface area contributed by atoms with Crippen LogP contribution in [0.1, 0.15) is 12.5 Å². The number of sulfone groups is 1. The molecule has 1 aliphatic rings. The summed E-state index contributed by atoms with van der Waals surface area (Å²) in [6, 6.07) is 7.08. The van der Waals surface area contributed by atoms with E-state index >= 15 is 0 Å². The lowest BCUT2D eigenvalue weighted by Gasteiger charge is -2.15. The number of nitrogens with zero attached hydrogens (tertiary/aromatic N) is 5. The minimum Gasteiger partial charge on any atom is -0.497 e. The molecule has 0 amide bonds. The molecule has 1 saturated heterocycles. The predicted octanol–water partition coefficient (Wildman–Crippen LogP) is 0.722. The van der Waals surface area contributed by atoms with E-state index in [4.69, 9.17) is 4.74 Å². The molecule has 5 rings (SSSR count). The van der Waals surface area contributed by atoms with Crippen LogP contribution in [0.15, 0.2) is 40.1 Å². The molecule has 0 N–H and O–H groups in total.